The Kier molecular flexibility index (Phi) is 7.05. The summed E-state index contributed by atoms with van der Waals surface area (Å²) >= 11 is 0. The Balaban J connectivity index is 1.88. The number of fused-ring (bicyclic) bond motifs is 1. The highest BCUT2D eigenvalue weighted by Crippen LogP contribution is 2.30. The van der Waals surface area contributed by atoms with Gasteiger partial charge in [0.15, 0.2) is 11.5 Å². The van der Waals surface area contributed by atoms with Crippen molar-refractivity contribution in [3.8, 4) is 17.2 Å². The third-order valence-corrected chi connectivity index (χ3v) is 5.95. The van der Waals surface area contributed by atoms with Crippen molar-refractivity contribution in [1.29, 1.82) is 0 Å². The lowest BCUT2D eigenvalue weighted by atomic mass is 10.1. The largest absolute Gasteiger partial charge is 0.493 e. The maximum absolute atomic E-state index is 13.8. The molecule has 37 heavy (non-hydrogen) atoms. The number of hydrogen-bond acceptors (Lipinski definition) is 7. The van der Waals surface area contributed by atoms with E-state index in [1.165, 1.54) is 37.0 Å². The lowest BCUT2D eigenvalue weighted by molar-refractivity contribution is -0.384. The van der Waals surface area contributed by atoms with E-state index in [0.29, 0.717) is 17.2 Å². The monoisotopic (exact) mass is 504 g/mol. The maximum atomic E-state index is 13.8. The van der Waals surface area contributed by atoms with Gasteiger partial charge in [-0.3, -0.25) is 24.3 Å². The Hall–Kier alpha value is -4.93. The van der Waals surface area contributed by atoms with E-state index in [0.717, 1.165) is 10.6 Å². The molecule has 0 bridgehead atoms. The highest BCUT2D eigenvalue weighted by atomic mass is 16.6. The van der Waals surface area contributed by atoms with Crippen LogP contribution < -0.4 is 26.0 Å². The molecule has 1 amide bonds. The number of ether oxygens (including phenoxy) is 2. The predicted octanol–water partition coefficient (Wildman–Crippen LogP) is 3.67. The number of rotatable bonds is 8. The van der Waals surface area contributed by atoms with Gasteiger partial charge in [-0.1, -0.05) is 25.1 Å². The third kappa shape index (κ3) is 4.66. The Morgan fingerprint density at radius 2 is 1.73 bits per heavy atom. The van der Waals surface area contributed by atoms with E-state index < -0.39 is 28.1 Å². The third-order valence-electron chi connectivity index (χ3n) is 5.95. The van der Waals surface area contributed by atoms with Crippen molar-refractivity contribution >= 4 is 28.2 Å². The van der Waals surface area contributed by atoms with Gasteiger partial charge in [-0.25, -0.2) is 9.36 Å². The van der Waals surface area contributed by atoms with Crippen molar-refractivity contribution in [1.82, 2.24) is 9.13 Å². The molecular weight excluding hydrogens is 480 g/mol. The Bertz CT molecular complexity index is 1620. The predicted molar refractivity (Wildman–Crippen MR) is 138 cm³/mol. The second-order valence-electron chi connectivity index (χ2n) is 8.07. The molecule has 0 aliphatic heterocycles. The Morgan fingerprint density at radius 1 is 1.00 bits per heavy atom. The summed E-state index contributed by atoms with van der Waals surface area (Å²) in [4.78, 5) is 51.2. The van der Waals surface area contributed by atoms with Crippen LogP contribution in [-0.4, -0.2) is 34.2 Å². The van der Waals surface area contributed by atoms with Gasteiger partial charge in [0, 0.05) is 23.9 Å². The number of aromatic nitrogens is 2. The van der Waals surface area contributed by atoms with Crippen LogP contribution in [0.2, 0.25) is 0 Å². The minimum Gasteiger partial charge on any atom is -0.493 e. The van der Waals surface area contributed by atoms with Crippen LogP contribution in [0.25, 0.3) is 16.6 Å². The summed E-state index contributed by atoms with van der Waals surface area (Å²) in [5.74, 6) is 0.403. The molecule has 11 heteroatoms. The zero-order chi connectivity index (χ0) is 26.7. The number of carbonyl (C=O) groups excluding carboxylic acids is 1. The number of nitrogens with zero attached hydrogens (tertiary/aromatic N) is 3. The first-order valence-electron chi connectivity index (χ1n) is 11.3. The van der Waals surface area contributed by atoms with Crippen molar-refractivity contribution in [3.63, 3.8) is 0 Å². The normalized spacial score (nSPS) is 11.6. The van der Waals surface area contributed by atoms with Crippen LogP contribution in [0.3, 0.4) is 0 Å². The molecule has 1 N–H and O–H groups in total. The van der Waals surface area contributed by atoms with E-state index >= 15 is 0 Å². The average Bonchev–Trinajstić information content (AvgIpc) is 2.91. The van der Waals surface area contributed by atoms with Gasteiger partial charge >= 0.3 is 5.69 Å². The van der Waals surface area contributed by atoms with E-state index in [-0.39, 0.29) is 28.7 Å². The van der Waals surface area contributed by atoms with Crippen LogP contribution in [0.1, 0.15) is 19.4 Å². The Labute approximate surface area is 210 Å². The van der Waals surface area contributed by atoms with E-state index in [4.69, 9.17) is 9.47 Å². The van der Waals surface area contributed by atoms with Crippen LogP contribution in [0, 0.1) is 10.1 Å². The molecule has 0 saturated carbocycles. The zero-order valence-corrected chi connectivity index (χ0v) is 20.3. The van der Waals surface area contributed by atoms with Crippen LogP contribution >= 0.6 is 0 Å². The van der Waals surface area contributed by atoms with Gasteiger partial charge in [0.2, 0.25) is 5.91 Å². The number of benzene rings is 3. The summed E-state index contributed by atoms with van der Waals surface area (Å²) in [5.41, 5.74) is -0.995. The zero-order valence-electron chi connectivity index (χ0n) is 20.3. The van der Waals surface area contributed by atoms with Crippen molar-refractivity contribution < 1.29 is 19.2 Å². The summed E-state index contributed by atoms with van der Waals surface area (Å²) in [5, 5.41) is 14.3. The number of nitro groups is 1. The number of hydrogen-bond donors (Lipinski definition) is 1. The molecule has 3 aromatic carbocycles. The molecule has 0 aliphatic rings. The first-order chi connectivity index (χ1) is 17.8. The van der Waals surface area contributed by atoms with Gasteiger partial charge in [0.25, 0.3) is 11.2 Å². The van der Waals surface area contributed by atoms with Gasteiger partial charge in [-0.2, -0.15) is 0 Å². The molecule has 1 atom stereocenters. The highest BCUT2D eigenvalue weighted by Gasteiger charge is 2.26. The fraction of sp³-hybridized carbons (Fsp3) is 0.192. The summed E-state index contributed by atoms with van der Waals surface area (Å²) in [6.45, 7) is 1.74. The lowest BCUT2D eigenvalue weighted by Gasteiger charge is -2.22. The van der Waals surface area contributed by atoms with Crippen molar-refractivity contribution in [2.45, 2.75) is 19.4 Å². The lowest BCUT2D eigenvalue weighted by Crippen LogP contribution is -2.43. The average molecular weight is 504 g/mol. The standard InChI is InChI=1S/C26H24N4O7/c1-4-20(24(31)27-16-12-13-22(36-2)23(14-16)37-3)29-21-11-6-5-10-19(21)25(32)28(26(29)33)17-8-7-9-18(15-17)30(34)35/h5-15,20H,4H2,1-3H3,(H,27,31)/t20-/m1/s1. The topological polar surface area (TPSA) is 135 Å². The second kappa shape index (κ2) is 10.4. The first-order valence-corrected chi connectivity index (χ1v) is 11.3. The Morgan fingerprint density at radius 3 is 2.41 bits per heavy atom. The molecular formula is C26H24N4O7. The highest BCUT2D eigenvalue weighted by molar-refractivity contribution is 5.95. The molecule has 0 aliphatic carbocycles. The van der Waals surface area contributed by atoms with Crippen molar-refractivity contribution in [2.75, 3.05) is 19.5 Å². The van der Waals surface area contributed by atoms with Crippen molar-refractivity contribution in [3.05, 3.63) is 97.7 Å². The quantitative estimate of drug-likeness (QED) is 0.286. The molecule has 0 saturated heterocycles. The molecule has 1 aromatic heterocycles. The summed E-state index contributed by atoms with van der Waals surface area (Å²) in [6, 6.07) is 15.5. The SMILES string of the molecule is CC[C@H](C(=O)Nc1ccc(OC)c(OC)c1)n1c(=O)n(-c2cccc([N+](=O)[O-])c2)c(=O)c2ccccc21. The van der Waals surface area contributed by atoms with Gasteiger partial charge in [-0.15, -0.1) is 0 Å². The minimum atomic E-state index is -1.00. The number of methoxy groups -OCH3 is 2. The van der Waals surface area contributed by atoms with E-state index in [1.807, 2.05) is 0 Å². The molecule has 4 rings (SSSR count). The number of carbonyl (C=O) groups is 1. The fourth-order valence-corrected chi connectivity index (χ4v) is 4.18. The van der Waals surface area contributed by atoms with Crippen LogP contribution in [-0.2, 0) is 4.79 Å². The summed E-state index contributed by atoms with van der Waals surface area (Å²) in [7, 11) is 2.97. The molecule has 1 heterocycles. The van der Waals surface area contributed by atoms with Gasteiger partial charge in [0.1, 0.15) is 6.04 Å². The minimum absolute atomic E-state index is 0.0267. The molecule has 190 valence electrons. The van der Waals surface area contributed by atoms with Gasteiger partial charge in [-0.05, 0) is 36.8 Å². The summed E-state index contributed by atoms with van der Waals surface area (Å²) < 4.78 is 12.6. The number of nitro benzene ring substituents is 1. The van der Waals surface area contributed by atoms with Crippen LogP contribution in [0.4, 0.5) is 11.4 Å². The molecule has 0 unspecified atom stereocenters. The molecule has 0 fully saturated rings. The second-order valence-corrected chi connectivity index (χ2v) is 8.07. The number of amides is 1. The van der Waals surface area contributed by atoms with Crippen LogP contribution in [0.5, 0.6) is 11.5 Å². The number of non-ortho nitro benzene ring substituents is 1. The van der Waals surface area contributed by atoms with Gasteiger partial charge < -0.3 is 14.8 Å². The van der Waals surface area contributed by atoms with Crippen LogP contribution in [0.15, 0.2) is 76.3 Å². The number of para-hydroxylation sites is 1. The molecule has 0 spiro atoms. The van der Waals surface area contributed by atoms with E-state index in [1.54, 1.807) is 49.4 Å². The smallest absolute Gasteiger partial charge is 0.336 e. The van der Waals surface area contributed by atoms with E-state index in [9.17, 15) is 24.5 Å². The summed E-state index contributed by atoms with van der Waals surface area (Å²) in [6.07, 6.45) is 0.218. The maximum Gasteiger partial charge on any atom is 0.336 e. The first kappa shape index (κ1) is 25.2. The number of nitrogens with one attached hydrogen (secondary N) is 1. The number of anilines is 1. The molecule has 0 radical (unpaired) electrons. The molecule has 11 nitrogen and oxygen atoms in total. The molecule has 4 aromatic rings. The van der Waals surface area contributed by atoms with Gasteiger partial charge in [0.05, 0.1) is 35.7 Å². The van der Waals surface area contributed by atoms with Crippen molar-refractivity contribution in [2.24, 2.45) is 0 Å². The van der Waals surface area contributed by atoms with E-state index in [2.05, 4.69) is 5.32 Å². The fourth-order valence-electron chi connectivity index (χ4n) is 4.18.